The Morgan fingerprint density at radius 1 is 1.33 bits per heavy atom. The van der Waals surface area contributed by atoms with E-state index in [0.29, 0.717) is 23.5 Å². The fraction of sp³-hybridized carbons (Fsp3) is 1.00. The van der Waals surface area contributed by atoms with E-state index in [1.807, 2.05) is 0 Å². The summed E-state index contributed by atoms with van der Waals surface area (Å²) in [5.41, 5.74) is 0. The first kappa shape index (κ1) is 11.4. The summed E-state index contributed by atoms with van der Waals surface area (Å²) in [5.74, 6) is 2.09. The zero-order valence-corrected chi connectivity index (χ0v) is 10.2. The molecule has 15 heavy (non-hydrogen) atoms. The number of hydrogen-bond acceptors (Lipinski definition) is 3. The second-order valence-corrected chi connectivity index (χ2v) is 7.24. The molecule has 2 aliphatic rings. The van der Waals surface area contributed by atoms with Gasteiger partial charge in [0.25, 0.3) is 0 Å². The van der Waals surface area contributed by atoms with Crippen LogP contribution in [0.1, 0.15) is 32.6 Å². The van der Waals surface area contributed by atoms with E-state index < -0.39 is 9.84 Å². The van der Waals surface area contributed by atoms with Gasteiger partial charge in [0, 0.05) is 6.04 Å². The van der Waals surface area contributed by atoms with Crippen molar-refractivity contribution in [1.82, 2.24) is 5.32 Å². The number of rotatable bonds is 5. The van der Waals surface area contributed by atoms with Crippen LogP contribution in [-0.2, 0) is 9.84 Å². The van der Waals surface area contributed by atoms with Crippen LogP contribution in [0.4, 0.5) is 0 Å². The summed E-state index contributed by atoms with van der Waals surface area (Å²) in [7, 11) is -2.69. The van der Waals surface area contributed by atoms with Gasteiger partial charge in [-0.15, -0.1) is 0 Å². The molecular formula is C11H21NO2S. The summed E-state index contributed by atoms with van der Waals surface area (Å²) in [6.07, 6.45) is 4.61. The minimum atomic E-state index is -2.69. The summed E-state index contributed by atoms with van der Waals surface area (Å²) in [4.78, 5) is 0. The molecule has 0 radical (unpaired) electrons. The molecule has 1 saturated heterocycles. The molecule has 2 rings (SSSR count). The van der Waals surface area contributed by atoms with Crippen molar-refractivity contribution in [3.63, 3.8) is 0 Å². The van der Waals surface area contributed by atoms with Crippen molar-refractivity contribution in [1.29, 1.82) is 0 Å². The van der Waals surface area contributed by atoms with Crippen LogP contribution in [0.3, 0.4) is 0 Å². The van der Waals surface area contributed by atoms with Gasteiger partial charge in [-0.25, -0.2) is 8.42 Å². The van der Waals surface area contributed by atoms with Crippen molar-refractivity contribution in [2.45, 2.75) is 38.6 Å². The lowest BCUT2D eigenvalue weighted by molar-refractivity contribution is 0.379. The lowest BCUT2D eigenvalue weighted by Crippen LogP contribution is -2.33. The minimum Gasteiger partial charge on any atom is -0.314 e. The molecule has 3 nitrogen and oxygen atoms in total. The van der Waals surface area contributed by atoms with E-state index in [0.717, 1.165) is 25.3 Å². The van der Waals surface area contributed by atoms with Crippen LogP contribution >= 0.6 is 0 Å². The maximum absolute atomic E-state index is 11.3. The first-order valence-electron chi connectivity index (χ1n) is 6.04. The van der Waals surface area contributed by atoms with Crippen molar-refractivity contribution in [2.24, 2.45) is 11.8 Å². The van der Waals surface area contributed by atoms with Crippen molar-refractivity contribution in [3.05, 3.63) is 0 Å². The second kappa shape index (κ2) is 4.42. The number of nitrogens with one attached hydrogen (secondary N) is 1. The Morgan fingerprint density at radius 2 is 2.07 bits per heavy atom. The molecule has 2 unspecified atom stereocenters. The molecule has 0 spiro atoms. The van der Waals surface area contributed by atoms with Gasteiger partial charge in [0.1, 0.15) is 0 Å². The molecule has 0 aromatic rings. The summed E-state index contributed by atoms with van der Waals surface area (Å²) in [5, 5.41) is 3.50. The highest BCUT2D eigenvalue weighted by atomic mass is 32.2. The van der Waals surface area contributed by atoms with Gasteiger partial charge >= 0.3 is 0 Å². The van der Waals surface area contributed by atoms with Crippen LogP contribution in [-0.4, -0.2) is 32.5 Å². The molecule has 2 fully saturated rings. The zero-order chi connectivity index (χ0) is 10.9. The maximum atomic E-state index is 11.3. The normalized spacial score (nSPS) is 31.7. The molecular weight excluding hydrogens is 210 g/mol. The average molecular weight is 231 g/mol. The highest BCUT2D eigenvalue weighted by Gasteiger charge is 2.35. The van der Waals surface area contributed by atoms with Gasteiger partial charge in [-0.05, 0) is 44.1 Å². The Hall–Kier alpha value is -0.0900. The SMILES string of the molecule is CCNC(CC1CCS(=O)(=O)C1)C1CC1. The lowest BCUT2D eigenvalue weighted by atomic mass is 9.96. The Kier molecular flexibility index (Phi) is 3.36. The zero-order valence-electron chi connectivity index (χ0n) is 9.41. The van der Waals surface area contributed by atoms with Crippen molar-refractivity contribution in [3.8, 4) is 0 Å². The summed E-state index contributed by atoms with van der Waals surface area (Å²) < 4.78 is 22.7. The maximum Gasteiger partial charge on any atom is 0.150 e. The van der Waals surface area contributed by atoms with Crippen LogP contribution in [0.2, 0.25) is 0 Å². The van der Waals surface area contributed by atoms with E-state index >= 15 is 0 Å². The molecule has 0 amide bonds. The van der Waals surface area contributed by atoms with Gasteiger partial charge < -0.3 is 5.32 Å². The number of hydrogen-bond donors (Lipinski definition) is 1. The standard InChI is InChI=1S/C11H21NO2S/c1-2-12-11(10-3-4-10)7-9-5-6-15(13,14)8-9/h9-12H,2-8H2,1H3. The third-order valence-corrected chi connectivity index (χ3v) is 5.41. The average Bonchev–Trinajstić information content (AvgIpc) is 2.92. The predicted octanol–water partition coefficient (Wildman–Crippen LogP) is 1.20. The molecule has 1 N–H and O–H groups in total. The van der Waals surface area contributed by atoms with E-state index in [1.54, 1.807) is 0 Å². The third kappa shape index (κ3) is 3.18. The Bertz CT molecular complexity index is 309. The first-order chi connectivity index (χ1) is 7.11. The summed E-state index contributed by atoms with van der Waals surface area (Å²) in [6, 6.07) is 0.577. The minimum absolute atomic E-state index is 0.416. The van der Waals surface area contributed by atoms with E-state index in [9.17, 15) is 8.42 Å². The first-order valence-corrected chi connectivity index (χ1v) is 7.86. The smallest absolute Gasteiger partial charge is 0.150 e. The molecule has 1 heterocycles. The fourth-order valence-corrected chi connectivity index (χ4v) is 4.50. The highest BCUT2D eigenvalue weighted by Crippen LogP contribution is 2.36. The summed E-state index contributed by atoms with van der Waals surface area (Å²) >= 11 is 0. The lowest BCUT2D eigenvalue weighted by Gasteiger charge is -2.20. The van der Waals surface area contributed by atoms with Crippen LogP contribution in [0, 0.1) is 11.8 Å². The van der Waals surface area contributed by atoms with E-state index in [2.05, 4.69) is 12.2 Å². The summed E-state index contributed by atoms with van der Waals surface area (Å²) in [6.45, 7) is 3.13. The van der Waals surface area contributed by atoms with Crippen molar-refractivity contribution < 1.29 is 8.42 Å². The third-order valence-electron chi connectivity index (χ3n) is 3.57. The van der Waals surface area contributed by atoms with E-state index in [1.165, 1.54) is 12.8 Å². The molecule has 1 aliphatic heterocycles. The van der Waals surface area contributed by atoms with Crippen LogP contribution in [0.25, 0.3) is 0 Å². The fourth-order valence-electron chi connectivity index (χ4n) is 2.62. The second-order valence-electron chi connectivity index (χ2n) is 5.01. The molecule has 88 valence electrons. The van der Waals surface area contributed by atoms with Crippen LogP contribution in [0.5, 0.6) is 0 Å². The molecule has 1 saturated carbocycles. The molecule has 4 heteroatoms. The van der Waals surface area contributed by atoms with Crippen LogP contribution < -0.4 is 5.32 Å². The van der Waals surface area contributed by atoms with E-state index in [-0.39, 0.29) is 0 Å². The van der Waals surface area contributed by atoms with Crippen LogP contribution in [0.15, 0.2) is 0 Å². The quantitative estimate of drug-likeness (QED) is 0.773. The van der Waals surface area contributed by atoms with Gasteiger partial charge in [0.15, 0.2) is 9.84 Å². The monoisotopic (exact) mass is 231 g/mol. The topological polar surface area (TPSA) is 46.2 Å². The molecule has 0 aromatic heterocycles. The molecule has 0 aromatic carbocycles. The molecule has 1 aliphatic carbocycles. The van der Waals surface area contributed by atoms with Gasteiger partial charge in [-0.1, -0.05) is 6.92 Å². The molecule has 0 bridgehead atoms. The Morgan fingerprint density at radius 3 is 2.53 bits per heavy atom. The van der Waals surface area contributed by atoms with Crippen molar-refractivity contribution in [2.75, 3.05) is 18.1 Å². The van der Waals surface area contributed by atoms with Crippen molar-refractivity contribution >= 4 is 9.84 Å². The van der Waals surface area contributed by atoms with Gasteiger partial charge in [0.2, 0.25) is 0 Å². The predicted molar refractivity (Wildman–Crippen MR) is 61.6 cm³/mol. The highest BCUT2D eigenvalue weighted by molar-refractivity contribution is 7.91. The van der Waals surface area contributed by atoms with E-state index in [4.69, 9.17) is 0 Å². The Labute approximate surface area is 92.6 Å². The van der Waals surface area contributed by atoms with Gasteiger partial charge in [0.05, 0.1) is 11.5 Å². The Balaban J connectivity index is 1.84. The molecule has 2 atom stereocenters. The number of sulfone groups is 1. The van der Waals surface area contributed by atoms with Gasteiger partial charge in [-0.2, -0.15) is 0 Å². The van der Waals surface area contributed by atoms with Gasteiger partial charge in [-0.3, -0.25) is 0 Å². The largest absolute Gasteiger partial charge is 0.314 e.